The van der Waals surface area contributed by atoms with Crippen molar-refractivity contribution in [3.05, 3.63) is 50.7 Å². The van der Waals surface area contributed by atoms with Gasteiger partial charge in [-0.1, -0.05) is 17.7 Å². The molecule has 2 N–H and O–H groups in total. The van der Waals surface area contributed by atoms with Gasteiger partial charge in [0.15, 0.2) is 0 Å². The van der Waals surface area contributed by atoms with Crippen LogP contribution in [-0.4, -0.2) is 42.4 Å². The smallest absolute Gasteiger partial charge is 0.262 e. The summed E-state index contributed by atoms with van der Waals surface area (Å²) >= 11 is 7.06. The van der Waals surface area contributed by atoms with Gasteiger partial charge < -0.3 is 15.5 Å². The fraction of sp³-hybridized carbons (Fsp3) is 0.333. The number of benzene rings is 1. The van der Waals surface area contributed by atoms with Crippen LogP contribution in [0.5, 0.6) is 0 Å². The molecule has 2 aromatic rings. The molecule has 0 spiro atoms. The van der Waals surface area contributed by atoms with E-state index in [0.717, 1.165) is 37.3 Å². The van der Waals surface area contributed by atoms with Gasteiger partial charge in [-0.2, -0.15) is 0 Å². The van der Waals surface area contributed by atoms with Gasteiger partial charge in [-0.25, -0.2) is 0 Å². The van der Waals surface area contributed by atoms with Gasteiger partial charge in [0.2, 0.25) is 0 Å². The molecule has 0 radical (unpaired) electrons. The fourth-order valence-corrected chi connectivity index (χ4v) is 4.54. The van der Waals surface area contributed by atoms with Crippen LogP contribution in [0.1, 0.15) is 33.6 Å². The van der Waals surface area contributed by atoms with E-state index in [-0.39, 0.29) is 12.8 Å². The average molecular weight is 454 g/mol. The highest BCUT2D eigenvalue weighted by Gasteiger charge is 2.39. The Bertz CT molecular complexity index is 1050. The number of nitrogens with zero attached hydrogens (tertiary/aromatic N) is 1. The van der Waals surface area contributed by atoms with E-state index < -0.39 is 17.4 Å². The third-order valence-electron chi connectivity index (χ3n) is 5.38. The Morgan fingerprint density at radius 2 is 1.81 bits per heavy atom. The molecule has 0 bridgehead atoms. The third kappa shape index (κ3) is 5.48. The molecule has 2 amide bonds. The first-order valence-electron chi connectivity index (χ1n) is 9.93. The molecule has 0 atom stereocenters. The molecule has 3 rings (SSSR count). The molecule has 31 heavy (non-hydrogen) atoms. The quantitative estimate of drug-likeness (QED) is 0.657. The number of fused-ring (bicyclic) bond motifs is 1. The lowest BCUT2D eigenvalue weighted by molar-refractivity contribution is -0.121. The van der Waals surface area contributed by atoms with E-state index in [0.29, 0.717) is 14.9 Å². The minimum Gasteiger partial charge on any atom is -0.335 e. The van der Waals surface area contributed by atoms with Crippen molar-refractivity contribution in [2.45, 2.75) is 31.2 Å². The van der Waals surface area contributed by atoms with Crippen molar-refractivity contribution in [2.24, 2.45) is 0 Å². The van der Waals surface area contributed by atoms with Crippen LogP contribution in [0, 0.1) is 24.7 Å². The lowest BCUT2D eigenvalue weighted by atomic mass is 9.90. The van der Waals surface area contributed by atoms with Gasteiger partial charge in [-0.3, -0.25) is 9.59 Å². The second kappa shape index (κ2) is 10.0. The highest BCUT2D eigenvalue weighted by molar-refractivity contribution is 7.18. The average Bonchev–Trinajstić information content (AvgIpc) is 3.09. The first kappa shape index (κ1) is 22.9. The van der Waals surface area contributed by atoms with E-state index in [2.05, 4.69) is 34.4 Å². The molecule has 0 saturated carbocycles. The highest BCUT2D eigenvalue weighted by Crippen LogP contribution is 2.25. The molecular formula is C24H24ClN3O2S. The molecule has 0 unspecified atom stereocenters. The zero-order valence-electron chi connectivity index (χ0n) is 17.3. The predicted octanol–water partition coefficient (Wildman–Crippen LogP) is 3.59. The van der Waals surface area contributed by atoms with E-state index in [9.17, 15) is 9.59 Å². The van der Waals surface area contributed by atoms with Crippen LogP contribution in [0.25, 0.3) is 0 Å². The zero-order chi connectivity index (χ0) is 22.4. The maximum absolute atomic E-state index is 13.3. The van der Waals surface area contributed by atoms with E-state index in [1.807, 2.05) is 18.2 Å². The zero-order valence-corrected chi connectivity index (χ0v) is 18.9. The largest absolute Gasteiger partial charge is 0.335 e. The van der Waals surface area contributed by atoms with Crippen molar-refractivity contribution in [1.82, 2.24) is 10.2 Å². The summed E-state index contributed by atoms with van der Waals surface area (Å²) in [6.45, 7) is 1.97. The van der Waals surface area contributed by atoms with Gasteiger partial charge in [-0.15, -0.1) is 36.0 Å². The van der Waals surface area contributed by atoms with Crippen LogP contribution >= 0.6 is 22.9 Å². The van der Waals surface area contributed by atoms with Gasteiger partial charge in [0, 0.05) is 31.6 Å². The molecule has 1 aliphatic rings. The van der Waals surface area contributed by atoms with Crippen molar-refractivity contribution in [1.29, 1.82) is 0 Å². The van der Waals surface area contributed by atoms with Gasteiger partial charge in [-0.05, 0) is 55.3 Å². The van der Waals surface area contributed by atoms with Crippen LogP contribution in [0.2, 0.25) is 4.34 Å². The molecule has 5 nitrogen and oxygen atoms in total. The minimum atomic E-state index is -1.43. The molecule has 0 saturated heterocycles. The maximum atomic E-state index is 13.3. The standard InChI is InChI=1S/C24H24ClN3O2S/c1-4-12-24(13-5-2,27-22(29)20-8-9-21(25)31-20)23(30)26-19-7-6-17-10-14-28(3)15-11-18(17)16-19/h1-2,6-9,16H,10-15H2,3H3,(H,26,30)(H,27,29). The lowest BCUT2D eigenvalue weighted by Crippen LogP contribution is -2.56. The molecule has 1 aliphatic heterocycles. The van der Waals surface area contributed by atoms with Crippen molar-refractivity contribution in [3.63, 3.8) is 0 Å². The minimum absolute atomic E-state index is 0.0381. The summed E-state index contributed by atoms with van der Waals surface area (Å²) in [5, 5.41) is 5.68. The number of thiophene rings is 1. The van der Waals surface area contributed by atoms with Crippen molar-refractivity contribution in [2.75, 3.05) is 25.5 Å². The number of carbonyl (C=O) groups excluding carboxylic acids is 2. The topological polar surface area (TPSA) is 61.4 Å². The molecular weight excluding hydrogens is 430 g/mol. The normalized spacial score (nSPS) is 13.9. The number of terminal acetylenes is 2. The van der Waals surface area contributed by atoms with Crippen LogP contribution in [0.15, 0.2) is 30.3 Å². The van der Waals surface area contributed by atoms with Crippen LogP contribution in [-0.2, 0) is 17.6 Å². The Kier molecular flexibility index (Phi) is 7.41. The number of halogens is 1. The van der Waals surface area contributed by atoms with Crippen LogP contribution in [0.4, 0.5) is 5.69 Å². The Balaban J connectivity index is 1.84. The first-order valence-corrected chi connectivity index (χ1v) is 11.1. The summed E-state index contributed by atoms with van der Waals surface area (Å²) in [4.78, 5) is 28.8. The molecule has 2 heterocycles. The Labute approximate surface area is 192 Å². The molecule has 0 fully saturated rings. The summed E-state index contributed by atoms with van der Waals surface area (Å²) in [5.41, 5.74) is 1.71. The number of carbonyl (C=O) groups is 2. The van der Waals surface area contributed by atoms with Gasteiger partial charge in [0.1, 0.15) is 5.54 Å². The van der Waals surface area contributed by atoms with Crippen molar-refractivity contribution >= 4 is 40.4 Å². The summed E-state index contributed by atoms with van der Waals surface area (Å²) < 4.78 is 0.477. The maximum Gasteiger partial charge on any atom is 0.262 e. The molecule has 7 heteroatoms. The van der Waals surface area contributed by atoms with E-state index in [1.165, 1.54) is 11.1 Å². The number of amides is 2. The monoisotopic (exact) mass is 453 g/mol. The molecule has 1 aromatic heterocycles. The number of anilines is 1. The van der Waals surface area contributed by atoms with Crippen LogP contribution < -0.4 is 10.6 Å². The van der Waals surface area contributed by atoms with E-state index in [4.69, 9.17) is 24.4 Å². The fourth-order valence-electron chi connectivity index (χ4n) is 3.60. The lowest BCUT2D eigenvalue weighted by Gasteiger charge is -2.30. The van der Waals surface area contributed by atoms with E-state index in [1.54, 1.807) is 12.1 Å². The van der Waals surface area contributed by atoms with Gasteiger partial charge in [0.25, 0.3) is 11.8 Å². The highest BCUT2D eigenvalue weighted by atomic mass is 35.5. The Morgan fingerprint density at radius 1 is 1.13 bits per heavy atom. The predicted molar refractivity (Wildman–Crippen MR) is 126 cm³/mol. The third-order valence-corrected chi connectivity index (χ3v) is 6.61. The molecule has 1 aromatic carbocycles. The molecule has 0 aliphatic carbocycles. The van der Waals surface area contributed by atoms with Gasteiger partial charge in [0.05, 0.1) is 9.21 Å². The second-order valence-corrected chi connectivity index (χ2v) is 9.36. The molecule has 160 valence electrons. The Hall–Kier alpha value is -2.77. The number of hydrogen-bond acceptors (Lipinski definition) is 4. The van der Waals surface area contributed by atoms with E-state index >= 15 is 0 Å². The van der Waals surface area contributed by atoms with Gasteiger partial charge >= 0.3 is 0 Å². The number of nitrogens with one attached hydrogen (secondary N) is 2. The SMILES string of the molecule is C#CCC(CC#C)(NC(=O)c1ccc(Cl)s1)C(=O)Nc1ccc2c(c1)CCN(C)CC2. The van der Waals surface area contributed by atoms with Crippen LogP contribution in [0.3, 0.4) is 0 Å². The van der Waals surface area contributed by atoms with Crippen molar-refractivity contribution < 1.29 is 9.59 Å². The summed E-state index contributed by atoms with van der Waals surface area (Å²) in [5.74, 6) is 4.09. The number of likely N-dealkylation sites (N-methyl/N-ethyl adjacent to an activating group) is 1. The Morgan fingerprint density at radius 3 is 2.42 bits per heavy atom. The summed E-state index contributed by atoms with van der Waals surface area (Å²) in [6, 6.07) is 9.13. The second-order valence-electron chi connectivity index (χ2n) is 7.64. The first-order chi connectivity index (χ1) is 14.9. The van der Waals surface area contributed by atoms with Crippen molar-refractivity contribution in [3.8, 4) is 24.7 Å². The summed E-state index contributed by atoms with van der Waals surface area (Å²) in [7, 11) is 2.10. The number of hydrogen-bond donors (Lipinski definition) is 2. The number of rotatable bonds is 6. The summed E-state index contributed by atoms with van der Waals surface area (Å²) in [6.07, 6.45) is 12.9.